The van der Waals surface area contributed by atoms with Crippen molar-refractivity contribution in [3.63, 3.8) is 0 Å². The van der Waals surface area contributed by atoms with Gasteiger partial charge in [-0.25, -0.2) is 0 Å². The van der Waals surface area contributed by atoms with E-state index in [1.165, 1.54) is 16.7 Å². The molecule has 5 rings (SSSR count). The third-order valence-electron chi connectivity index (χ3n) is 7.16. The molecule has 0 radical (unpaired) electrons. The second-order valence-corrected chi connectivity index (χ2v) is 11.9. The SMILES string of the molecule is CC.CC.CC.CC.CC.CC(C)(C)CC1(c2cccc(Oc3ccccc3)c2)CC(C)(C)c2ccc(Oc3ccccc3)cc21. The summed E-state index contributed by atoms with van der Waals surface area (Å²) in [6, 6.07) is 35.4. The van der Waals surface area contributed by atoms with Crippen molar-refractivity contribution in [1.82, 2.24) is 0 Å². The minimum absolute atomic E-state index is 0.0438. The molecule has 1 atom stereocenters. The summed E-state index contributed by atoms with van der Waals surface area (Å²) in [4.78, 5) is 0. The van der Waals surface area contributed by atoms with E-state index in [0.717, 1.165) is 35.8 Å². The van der Waals surface area contributed by atoms with Crippen LogP contribution in [0, 0.1) is 5.41 Å². The summed E-state index contributed by atoms with van der Waals surface area (Å²) in [7, 11) is 0. The molecule has 0 amide bonds. The van der Waals surface area contributed by atoms with Gasteiger partial charge in [-0.15, -0.1) is 0 Å². The lowest BCUT2D eigenvalue weighted by atomic mass is 9.65. The number of ether oxygens (including phenoxy) is 2. The van der Waals surface area contributed by atoms with Crippen LogP contribution in [0.3, 0.4) is 0 Å². The van der Waals surface area contributed by atoms with E-state index in [9.17, 15) is 0 Å². The lowest BCUT2D eigenvalue weighted by Gasteiger charge is -2.38. The zero-order valence-corrected chi connectivity index (χ0v) is 32.0. The van der Waals surface area contributed by atoms with Crippen LogP contribution in [-0.4, -0.2) is 0 Å². The molecule has 46 heavy (non-hydrogen) atoms. The lowest BCUT2D eigenvalue weighted by Crippen LogP contribution is -2.32. The van der Waals surface area contributed by atoms with Crippen molar-refractivity contribution >= 4 is 0 Å². The van der Waals surface area contributed by atoms with Crippen molar-refractivity contribution in [2.24, 2.45) is 5.41 Å². The smallest absolute Gasteiger partial charge is 0.127 e. The summed E-state index contributed by atoms with van der Waals surface area (Å²) in [6.45, 7) is 31.8. The molecule has 1 aliphatic rings. The summed E-state index contributed by atoms with van der Waals surface area (Å²) < 4.78 is 12.6. The van der Waals surface area contributed by atoms with Gasteiger partial charge in [0, 0.05) is 5.41 Å². The predicted octanol–water partition coefficient (Wildman–Crippen LogP) is 14.8. The summed E-state index contributed by atoms with van der Waals surface area (Å²) in [5, 5.41) is 0. The first kappa shape index (κ1) is 42.5. The van der Waals surface area contributed by atoms with Crippen molar-refractivity contribution < 1.29 is 9.47 Å². The highest BCUT2D eigenvalue weighted by Crippen LogP contribution is 2.58. The Morgan fingerprint density at radius 1 is 0.500 bits per heavy atom. The van der Waals surface area contributed by atoms with Gasteiger partial charge in [0.25, 0.3) is 0 Å². The number of para-hydroxylation sites is 2. The molecule has 4 aromatic rings. The van der Waals surface area contributed by atoms with E-state index in [1.54, 1.807) is 0 Å². The molecule has 0 spiro atoms. The fourth-order valence-electron chi connectivity index (χ4n) is 6.05. The molecule has 0 heterocycles. The molecule has 0 fully saturated rings. The maximum atomic E-state index is 6.31. The van der Waals surface area contributed by atoms with E-state index >= 15 is 0 Å². The number of hydrogen-bond acceptors (Lipinski definition) is 2. The van der Waals surface area contributed by atoms with E-state index in [4.69, 9.17) is 9.47 Å². The summed E-state index contributed by atoms with van der Waals surface area (Å²) in [5.74, 6) is 3.46. The average Bonchev–Trinajstić information content (AvgIpc) is 3.31. The van der Waals surface area contributed by atoms with Crippen LogP contribution in [-0.2, 0) is 10.8 Å². The highest BCUT2D eigenvalue weighted by atomic mass is 16.5. The van der Waals surface area contributed by atoms with Crippen LogP contribution < -0.4 is 9.47 Å². The van der Waals surface area contributed by atoms with Crippen LogP contribution in [0.2, 0.25) is 0 Å². The van der Waals surface area contributed by atoms with Crippen LogP contribution in [0.4, 0.5) is 0 Å². The van der Waals surface area contributed by atoms with Gasteiger partial charge in [-0.3, -0.25) is 0 Å². The Hall–Kier alpha value is -3.52. The highest BCUT2D eigenvalue weighted by Gasteiger charge is 2.50. The van der Waals surface area contributed by atoms with Crippen molar-refractivity contribution in [3.8, 4) is 23.0 Å². The molecule has 0 saturated carbocycles. The van der Waals surface area contributed by atoms with Crippen molar-refractivity contribution in [2.45, 2.75) is 128 Å². The summed E-state index contributed by atoms with van der Waals surface area (Å²) in [6.07, 6.45) is 2.07. The van der Waals surface area contributed by atoms with E-state index in [0.29, 0.717) is 0 Å². The largest absolute Gasteiger partial charge is 0.457 e. The average molecular weight is 627 g/mol. The number of hydrogen-bond donors (Lipinski definition) is 0. The van der Waals surface area contributed by atoms with Gasteiger partial charge in [-0.2, -0.15) is 0 Å². The lowest BCUT2D eigenvalue weighted by molar-refractivity contribution is 0.261. The molecule has 254 valence electrons. The zero-order valence-electron chi connectivity index (χ0n) is 32.0. The molecule has 2 nitrogen and oxygen atoms in total. The Labute approximate surface area is 284 Å². The van der Waals surface area contributed by atoms with Gasteiger partial charge in [0.2, 0.25) is 0 Å². The first-order valence-electron chi connectivity index (χ1n) is 17.9. The molecule has 0 aromatic heterocycles. The van der Waals surface area contributed by atoms with Gasteiger partial charge in [0.05, 0.1) is 0 Å². The van der Waals surface area contributed by atoms with Gasteiger partial charge in [0.15, 0.2) is 0 Å². The van der Waals surface area contributed by atoms with Crippen LogP contribution >= 0.6 is 0 Å². The number of fused-ring (bicyclic) bond motifs is 1. The Kier molecular flexibility index (Phi) is 19.7. The molecule has 1 unspecified atom stereocenters. The molecular weight excluding hydrogens is 560 g/mol. The standard InChI is InChI=1S/C34H36O2.5C2H6/c1-32(2,3)23-34(25-13-12-18-28(21-25)35-26-14-8-6-9-15-26)24-33(4,5)30-20-19-29(22-31(30)34)36-27-16-10-7-11-17-27;5*1-2/h6-22H,23-24H2,1-5H3;5*1-2H3. The van der Waals surface area contributed by atoms with Crippen molar-refractivity contribution in [3.05, 3.63) is 120 Å². The van der Waals surface area contributed by atoms with Crippen LogP contribution in [0.1, 0.15) is 133 Å². The Morgan fingerprint density at radius 3 is 1.39 bits per heavy atom. The topological polar surface area (TPSA) is 18.5 Å². The second-order valence-electron chi connectivity index (χ2n) is 11.9. The van der Waals surface area contributed by atoms with E-state index in [1.807, 2.05) is 130 Å². The van der Waals surface area contributed by atoms with Gasteiger partial charge < -0.3 is 9.47 Å². The second kappa shape index (κ2) is 21.3. The molecule has 0 saturated heterocycles. The van der Waals surface area contributed by atoms with Crippen molar-refractivity contribution in [1.29, 1.82) is 0 Å². The zero-order chi connectivity index (χ0) is 35.4. The molecule has 0 N–H and O–H groups in total. The minimum atomic E-state index is -0.150. The molecule has 2 heteroatoms. The van der Waals surface area contributed by atoms with Crippen molar-refractivity contribution in [2.75, 3.05) is 0 Å². The van der Waals surface area contributed by atoms with Crippen LogP contribution in [0.15, 0.2) is 103 Å². The first-order valence-corrected chi connectivity index (χ1v) is 17.9. The molecular formula is C44H66O2. The monoisotopic (exact) mass is 627 g/mol. The Morgan fingerprint density at radius 2 is 0.935 bits per heavy atom. The van der Waals surface area contributed by atoms with E-state index in [-0.39, 0.29) is 16.2 Å². The van der Waals surface area contributed by atoms with Gasteiger partial charge in [-0.1, -0.05) is 158 Å². The van der Waals surface area contributed by atoms with Crippen LogP contribution in [0.5, 0.6) is 23.0 Å². The fourth-order valence-corrected chi connectivity index (χ4v) is 6.05. The number of rotatable bonds is 6. The maximum Gasteiger partial charge on any atom is 0.127 e. The third kappa shape index (κ3) is 11.7. The molecule has 0 bridgehead atoms. The first-order chi connectivity index (χ1) is 22.1. The van der Waals surface area contributed by atoms with Gasteiger partial charge in [0.1, 0.15) is 23.0 Å². The Balaban J connectivity index is 0.00000185. The highest BCUT2D eigenvalue weighted by molar-refractivity contribution is 5.56. The fraction of sp³-hybridized carbons (Fsp3) is 0.455. The predicted molar refractivity (Wildman–Crippen MR) is 205 cm³/mol. The van der Waals surface area contributed by atoms with E-state index < -0.39 is 0 Å². The third-order valence-corrected chi connectivity index (χ3v) is 7.16. The molecule has 0 aliphatic heterocycles. The number of benzene rings is 4. The van der Waals surface area contributed by atoms with Gasteiger partial charge in [-0.05, 0) is 88.9 Å². The molecule has 1 aliphatic carbocycles. The summed E-state index contributed by atoms with van der Waals surface area (Å²) in [5.41, 5.74) is 4.10. The van der Waals surface area contributed by atoms with Crippen LogP contribution in [0.25, 0.3) is 0 Å². The minimum Gasteiger partial charge on any atom is -0.457 e. The molecule has 4 aromatic carbocycles. The van der Waals surface area contributed by atoms with E-state index in [2.05, 4.69) is 77.1 Å². The quantitative estimate of drug-likeness (QED) is 0.212. The van der Waals surface area contributed by atoms with Gasteiger partial charge >= 0.3 is 0 Å². The maximum absolute atomic E-state index is 6.31. The normalized spacial score (nSPS) is 15.1. The Bertz CT molecular complexity index is 1330. The summed E-state index contributed by atoms with van der Waals surface area (Å²) >= 11 is 0.